The molecule has 1 aromatic heterocycles. The van der Waals surface area contributed by atoms with Crippen molar-refractivity contribution < 1.29 is 17.6 Å². The van der Waals surface area contributed by atoms with Crippen LogP contribution in [-0.4, -0.2) is 48.5 Å². The van der Waals surface area contributed by atoms with E-state index in [0.29, 0.717) is 25.9 Å². The van der Waals surface area contributed by atoms with E-state index in [2.05, 4.69) is 11.1 Å². The highest BCUT2D eigenvalue weighted by atomic mass is 32.2. The third-order valence-electron chi connectivity index (χ3n) is 5.90. The number of piperidine rings is 1. The smallest absolute Gasteiger partial charge is 0.211 e. The standard InChI is InChI=1S/C20H23N3O4S/c1-14-7-8-19(26-14)16-13-17-15-5-3-4-6-18(15)27-20(23(17)21-16)9-11-22(12-10-20)28(2,24)25/h3-8,17H,9-13H2,1-2H3. The summed E-state index contributed by atoms with van der Waals surface area (Å²) in [5.41, 5.74) is 1.38. The van der Waals surface area contributed by atoms with E-state index in [0.717, 1.165) is 35.0 Å². The number of furan rings is 1. The van der Waals surface area contributed by atoms with Gasteiger partial charge in [-0.1, -0.05) is 18.2 Å². The van der Waals surface area contributed by atoms with Crippen molar-refractivity contribution in [2.45, 2.75) is 38.0 Å². The van der Waals surface area contributed by atoms with Gasteiger partial charge in [-0.05, 0) is 25.1 Å². The number of benzene rings is 1. The van der Waals surface area contributed by atoms with Crippen LogP contribution in [0.5, 0.6) is 5.75 Å². The zero-order valence-electron chi connectivity index (χ0n) is 16.0. The molecule has 8 heteroatoms. The normalized spacial score (nSPS) is 23.9. The van der Waals surface area contributed by atoms with Crippen molar-refractivity contribution in [3.8, 4) is 5.75 Å². The summed E-state index contributed by atoms with van der Waals surface area (Å²) in [5.74, 6) is 2.51. The highest BCUT2D eigenvalue weighted by Crippen LogP contribution is 2.50. The topological polar surface area (TPSA) is 75.3 Å². The van der Waals surface area contributed by atoms with Gasteiger partial charge >= 0.3 is 0 Å². The lowest BCUT2D eigenvalue weighted by Gasteiger charge is -2.50. The van der Waals surface area contributed by atoms with Gasteiger partial charge in [-0.25, -0.2) is 17.7 Å². The van der Waals surface area contributed by atoms with Crippen LogP contribution in [0, 0.1) is 6.92 Å². The molecule has 0 radical (unpaired) electrons. The summed E-state index contributed by atoms with van der Waals surface area (Å²) < 4.78 is 37.7. The maximum atomic E-state index is 12.0. The van der Waals surface area contributed by atoms with Gasteiger partial charge < -0.3 is 9.15 Å². The van der Waals surface area contributed by atoms with Gasteiger partial charge in [0.05, 0.1) is 12.3 Å². The van der Waals surface area contributed by atoms with Crippen LogP contribution >= 0.6 is 0 Å². The molecule has 0 saturated carbocycles. The largest absolute Gasteiger partial charge is 0.466 e. The number of sulfonamides is 1. The van der Waals surface area contributed by atoms with Crippen molar-refractivity contribution >= 4 is 15.7 Å². The SMILES string of the molecule is Cc1ccc(C2=NN3C(C2)c2ccccc2OC32CCN(S(C)(=O)=O)CC2)o1. The average molecular weight is 401 g/mol. The van der Waals surface area contributed by atoms with E-state index in [1.807, 2.05) is 37.3 Å². The predicted molar refractivity (Wildman–Crippen MR) is 105 cm³/mol. The number of hydrogen-bond acceptors (Lipinski definition) is 6. The minimum atomic E-state index is -3.21. The fourth-order valence-corrected chi connectivity index (χ4v) is 5.31. The molecule has 1 fully saturated rings. The molecule has 4 heterocycles. The molecule has 0 N–H and O–H groups in total. The minimum absolute atomic E-state index is 0.0649. The van der Waals surface area contributed by atoms with Crippen molar-refractivity contribution in [2.75, 3.05) is 19.3 Å². The zero-order chi connectivity index (χ0) is 19.5. The Morgan fingerprint density at radius 2 is 1.89 bits per heavy atom. The van der Waals surface area contributed by atoms with Crippen molar-refractivity contribution in [2.24, 2.45) is 5.10 Å². The molecule has 5 rings (SSSR count). The first kappa shape index (κ1) is 17.8. The number of fused-ring (bicyclic) bond motifs is 4. The number of nitrogens with zero attached hydrogens (tertiary/aromatic N) is 3. The number of para-hydroxylation sites is 1. The lowest BCUT2D eigenvalue weighted by atomic mass is 9.92. The van der Waals surface area contributed by atoms with Gasteiger partial charge in [0.1, 0.15) is 23.0 Å². The summed E-state index contributed by atoms with van der Waals surface area (Å²) in [6.07, 6.45) is 3.14. The molecule has 1 unspecified atom stereocenters. The predicted octanol–water partition coefficient (Wildman–Crippen LogP) is 2.88. The van der Waals surface area contributed by atoms with Gasteiger partial charge in [0.25, 0.3) is 0 Å². The van der Waals surface area contributed by atoms with Crippen LogP contribution in [0.1, 0.15) is 42.4 Å². The van der Waals surface area contributed by atoms with Crippen molar-refractivity contribution in [3.05, 3.63) is 53.5 Å². The zero-order valence-corrected chi connectivity index (χ0v) is 16.8. The van der Waals surface area contributed by atoms with Gasteiger partial charge in [-0.2, -0.15) is 5.10 Å². The fourth-order valence-electron chi connectivity index (χ4n) is 4.47. The average Bonchev–Trinajstić information content (AvgIpc) is 3.29. The Balaban J connectivity index is 1.54. The van der Waals surface area contributed by atoms with Crippen LogP contribution in [-0.2, 0) is 10.0 Å². The fraction of sp³-hybridized carbons (Fsp3) is 0.450. The van der Waals surface area contributed by atoms with Crippen molar-refractivity contribution in [3.63, 3.8) is 0 Å². The van der Waals surface area contributed by atoms with E-state index in [-0.39, 0.29) is 6.04 Å². The summed E-state index contributed by atoms with van der Waals surface area (Å²) in [6, 6.07) is 12.0. The van der Waals surface area contributed by atoms with Crippen LogP contribution in [0.3, 0.4) is 0 Å². The van der Waals surface area contributed by atoms with Crippen molar-refractivity contribution in [1.29, 1.82) is 0 Å². The Morgan fingerprint density at radius 1 is 1.14 bits per heavy atom. The monoisotopic (exact) mass is 401 g/mol. The number of hydrazone groups is 1. The van der Waals surface area contributed by atoms with Crippen LogP contribution in [0.15, 0.2) is 45.9 Å². The molecule has 0 amide bonds. The van der Waals surface area contributed by atoms with E-state index in [9.17, 15) is 8.42 Å². The van der Waals surface area contributed by atoms with Gasteiger partial charge in [-0.15, -0.1) is 0 Å². The molecular weight excluding hydrogens is 378 g/mol. The van der Waals surface area contributed by atoms with Crippen LogP contribution in [0.25, 0.3) is 0 Å². The second kappa shape index (κ2) is 6.09. The molecule has 148 valence electrons. The van der Waals surface area contributed by atoms with E-state index in [4.69, 9.17) is 14.3 Å². The highest BCUT2D eigenvalue weighted by molar-refractivity contribution is 7.88. The molecule has 1 atom stereocenters. The van der Waals surface area contributed by atoms with Gasteiger partial charge in [0.2, 0.25) is 15.7 Å². The van der Waals surface area contributed by atoms with Gasteiger partial charge in [0.15, 0.2) is 0 Å². The first-order valence-electron chi connectivity index (χ1n) is 9.52. The molecule has 7 nitrogen and oxygen atoms in total. The third-order valence-corrected chi connectivity index (χ3v) is 7.21. The maximum Gasteiger partial charge on any atom is 0.211 e. The Hall–Kier alpha value is -2.32. The first-order valence-corrected chi connectivity index (χ1v) is 11.4. The summed E-state index contributed by atoms with van der Waals surface area (Å²) in [5, 5.41) is 6.98. The Labute approximate surface area is 164 Å². The minimum Gasteiger partial charge on any atom is -0.466 e. The second-order valence-corrected chi connectivity index (χ2v) is 9.75. The molecule has 1 aromatic carbocycles. The van der Waals surface area contributed by atoms with E-state index >= 15 is 0 Å². The highest BCUT2D eigenvalue weighted by Gasteiger charge is 2.52. The van der Waals surface area contributed by atoms with Crippen LogP contribution in [0.4, 0.5) is 0 Å². The molecule has 1 spiro atoms. The summed E-state index contributed by atoms with van der Waals surface area (Å²) in [7, 11) is -3.21. The summed E-state index contributed by atoms with van der Waals surface area (Å²) >= 11 is 0. The Bertz CT molecular complexity index is 1050. The molecular formula is C20H23N3O4S. The molecule has 2 aromatic rings. The maximum absolute atomic E-state index is 12.0. The quantitative estimate of drug-likeness (QED) is 0.774. The first-order chi connectivity index (χ1) is 13.4. The number of aryl methyl sites for hydroxylation is 1. The molecule has 28 heavy (non-hydrogen) atoms. The third kappa shape index (κ3) is 2.74. The number of hydrogen-bond donors (Lipinski definition) is 0. The molecule has 0 aliphatic carbocycles. The van der Waals surface area contributed by atoms with E-state index in [1.165, 1.54) is 10.6 Å². The van der Waals surface area contributed by atoms with Crippen molar-refractivity contribution in [1.82, 2.24) is 9.31 Å². The van der Waals surface area contributed by atoms with Gasteiger partial charge in [-0.3, -0.25) is 0 Å². The summed E-state index contributed by atoms with van der Waals surface area (Å²) in [4.78, 5) is 0. The number of rotatable bonds is 2. The lowest BCUT2D eigenvalue weighted by molar-refractivity contribution is -0.143. The lowest BCUT2D eigenvalue weighted by Crippen LogP contribution is -2.59. The second-order valence-electron chi connectivity index (χ2n) is 7.77. The molecule has 1 saturated heterocycles. The van der Waals surface area contributed by atoms with Crippen LogP contribution in [0.2, 0.25) is 0 Å². The Morgan fingerprint density at radius 3 is 2.57 bits per heavy atom. The van der Waals surface area contributed by atoms with E-state index in [1.54, 1.807) is 0 Å². The molecule has 3 aliphatic heterocycles. The van der Waals surface area contributed by atoms with Gasteiger partial charge in [0, 0.05) is 37.9 Å². The summed E-state index contributed by atoms with van der Waals surface area (Å²) in [6.45, 7) is 2.77. The molecule has 3 aliphatic rings. The Kier molecular flexibility index (Phi) is 3.86. The molecule has 0 bridgehead atoms. The number of ether oxygens (including phenoxy) is 1. The van der Waals surface area contributed by atoms with Crippen LogP contribution < -0.4 is 4.74 Å². The van der Waals surface area contributed by atoms with E-state index < -0.39 is 15.7 Å².